The average Bonchev–Trinajstić information content (AvgIpc) is 2.34. The minimum Gasteiger partial charge on any atom is -0.463 e. The summed E-state index contributed by atoms with van der Waals surface area (Å²) in [5, 5.41) is 0.861. The van der Waals surface area contributed by atoms with Gasteiger partial charge in [0.15, 0.2) is 0 Å². The van der Waals surface area contributed by atoms with E-state index in [1.54, 1.807) is 18.2 Å². The van der Waals surface area contributed by atoms with Gasteiger partial charge >= 0.3 is 12.0 Å². The molecule has 0 N–H and O–H groups in total. The Morgan fingerprint density at radius 1 is 0.950 bits per heavy atom. The van der Waals surface area contributed by atoms with Crippen LogP contribution in [0, 0.1) is 0 Å². The minimum atomic E-state index is -0.0192. The van der Waals surface area contributed by atoms with Crippen LogP contribution in [0.1, 0.15) is 13.3 Å². The largest absolute Gasteiger partial charge is 0.463 e. The first-order chi connectivity index (χ1) is 9.56. The molecule has 106 valence electrons. The van der Waals surface area contributed by atoms with Crippen LogP contribution in [-0.2, 0) is 0 Å². The van der Waals surface area contributed by atoms with E-state index in [1.165, 1.54) is 0 Å². The quantitative estimate of drug-likeness (QED) is 0.810. The zero-order valence-corrected chi connectivity index (χ0v) is 12.7. The van der Waals surface area contributed by atoms with Crippen molar-refractivity contribution < 1.29 is 9.47 Å². The van der Waals surface area contributed by atoms with Gasteiger partial charge in [-0.25, -0.2) is 0 Å². The highest BCUT2D eigenvalue weighted by atomic mass is 35.5. The standard InChI is InChI=1S/C12H10Cl3N3O2/c1-2-3-19-11-16-10(15)17-12(18-11)20-9-5-7(13)4-8(14)6-9/h4-6H,2-3H2,1H3. The fourth-order valence-electron chi connectivity index (χ4n) is 1.31. The molecule has 1 heterocycles. The van der Waals surface area contributed by atoms with Crippen LogP contribution < -0.4 is 9.47 Å². The fraction of sp³-hybridized carbons (Fsp3) is 0.250. The number of benzene rings is 1. The fourth-order valence-corrected chi connectivity index (χ4v) is 1.96. The van der Waals surface area contributed by atoms with Crippen molar-refractivity contribution in [2.75, 3.05) is 6.61 Å². The van der Waals surface area contributed by atoms with Gasteiger partial charge in [-0.05, 0) is 36.2 Å². The van der Waals surface area contributed by atoms with Crippen LogP contribution in [0.2, 0.25) is 15.3 Å². The summed E-state index contributed by atoms with van der Waals surface area (Å²) in [4.78, 5) is 11.7. The molecule has 0 aliphatic heterocycles. The van der Waals surface area contributed by atoms with Gasteiger partial charge in [0.2, 0.25) is 5.28 Å². The molecule has 0 radical (unpaired) electrons. The SMILES string of the molecule is CCCOc1nc(Cl)nc(Oc2cc(Cl)cc(Cl)c2)n1. The third-order valence-corrected chi connectivity index (χ3v) is 2.65. The summed E-state index contributed by atoms with van der Waals surface area (Å²) in [5.74, 6) is 0.395. The van der Waals surface area contributed by atoms with Gasteiger partial charge in [-0.15, -0.1) is 4.98 Å². The normalized spacial score (nSPS) is 10.4. The van der Waals surface area contributed by atoms with E-state index < -0.39 is 0 Å². The first-order valence-electron chi connectivity index (χ1n) is 5.75. The molecule has 0 bridgehead atoms. The Morgan fingerprint density at radius 3 is 2.25 bits per heavy atom. The van der Waals surface area contributed by atoms with Crippen molar-refractivity contribution in [1.29, 1.82) is 0 Å². The van der Waals surface area contributed by atoms with Gasteiger partial charge in [0.1, 0.15) is 5.75 Å². The number of ether oxygens (including phenoxy) is 2. The van der Waals surface area contributed by atoms with E-state index >= 15 is 0 Å². The lowest BCUT2D eigenvalue weighted by Crippen LogP contribution is -2.03. The molecule has 0 amide bonds. The monoisotopic (exact) mass is 333 g/mol. The molecule has 0 aliphatic rings. The molecule has 0 saturated carbocycles. The topological polar surface area (TPSA) is 57.1 Å². The lowest BCUT2D eigenvalue weighted by atomic mass is 10.3. The van der Waals surface area contributed by atoms with Crippen molar-refractivity contribution in [1.82, 2.24) is 15.0 Å². The van der Waals surface area contributed by atoms with Crippen molar-refractivity contribution in [2.24, 2.45) is 0 Å². The van der Waals surface area contributed by atoms with Crippen LogP contribution in [0.5, 0.6) is 17.8 Å². The van der Waals surface area contributed by atoms with Gasteiger partial charge in [-0.2, -0.15) is 9.97 Å². The molecule has 0 atom stereocenters. The maximum atomic E-state index is 5.88. The number of aromatic nitrogens is 3. The highest BCUT2D eigenvalue weighted by Gasteiger charge is 2.09. The summed E-state index contributed by atoms with van der Waals surface area (Å²) >= 11 is 17.5. The molecule has 1 aromatic carbocycles. The molecule has 2 rings (SSSR count). The van der Waals surface area contributed by atoms with Gasteiger partial charge in [-0.1, -0.05) is 30.1 Å². The van der Waals surface area contributed by atoms with Crippen molar-refractivity contribution in [3.05, 3.63) is 33.5 Å². The lowest BCUT2D eigenvalue weighted by molar-refractivity contribution is 0.284. The molecule has 5 nitrogen and oxygen atoms in total. The van der Waals surface area contributed by atoms with Gasteiger partial charge in [0.05, 0.1) is 6.61 Å². The van der Waals surface area contributed by atoms with E-state index in [9.17, 15) is 0 Å². The maximum absolute atomic E-state index is 5.88. The first-order valence-corrected chi connectivity index (χ1v) is 6.88. The van der Waals surface area contributed by atoms with E-state index in [-0.39, 0.29) is 17.3 Å². The Hall–Kier alpha value is -1.30. The number of nitrogens with zero attached hydrogens (tertiary/aromatic N) is 3. The van der Waals surface area contributed by atoms with Crippen LogP contribution in [0.4, 0.5) is 0 Å². The average molecular weight is 335 g/mol. The summed E-state index contributed by atoms with van der Waals surface area (Å²) in [6.45, 7) is 2.44. The molecule has 0 saturated heterocycles. The first kappa shape index (κ1) is 15.1. The van der Waals surface area contributed by atoms with Crippen molar-refractivity contribution in [2.45, 2.75) is 13.3 Å². The molecule has 0 aliphatic carbocycles. The second-order valence-corrected chi connectivity index (χ2v) is 4.94. The summed E-state index contributed by atoms with van der Waals surface area (Å²) in [5.41, 5.74) is 0. The Balaban J connectivity index is 2.21. The zero-order valence-electron chi connectivity index (χ0n) is 10.4. The molecule has 0 fully saturated rings. The Morgan fingerprint density at radius 2 is 1.60 bits per heavy atom. The van der Waals surface area contributed by atoms with Gasteiger partial charge in [0.25, 0.3) is 0 Å². The summed E-state index contributed by atoms with van der Waals surface area (Å²) < 4.78 is 10.7. The van der Waals surface area contributed by atoms with Crippen LogP contribution in [-0.4, -0.2) is 21.6 Å². The van der Waals surface area contributed by atoms with E-state index in [0.717, 1.165) is 6.42 Å². The summed E-state index contributed by atoms with van der Waals surface area (Å²) in [6, 6.07) is 4.87. The zero-order chi connectivity index (χ0) is 14.5. The van der Waals surface area contributed by atoms with Gasteiger partial charge < -0.3 is 9.47 Å². The third kappa shape index (κ3) is 4.37. The van der Waals surface area contributed by atoms with Crippen LogP contribution >= 0.6 is 34.8 Å². The van der Waals surface area contributed by atoms with E-state index in [4.69, 9.17) is 44.3 Å². The molecular weight excluding hydrogens is 325 g/mol. The molecule has 1 aromatic heterocycles. The Labute approximate surface area is 130 Å². The van der Waals surface area contributed by atoms with Crippen LogP contribution in [0.25, 0.3) is 0 Å². The van der Waals surface area contributed by atoms with Crippen LogP contribution in [0.3, 0.4) is 0 Å². The molecule has 0 unspecified atom stereocenters. The summed E-state index contributed by atoms with van der Waals surface area (Å²) in [7, 11) is 0. The molecule has 2 aromatic rings. The predicted octanol–water partition coefficient (Wildman–Crippen LogP) is 4.41. The smallest absolute Gasteiger partial charge is 0.329 e. The summed E-state index contributed by atoms with van der Waals surface area (Å²) in [6.07, 6.45) is 0.823. The van der Waals surface area contributed by atoms with Gasteiger partial charge in [0, 0.05) is 10.0 Å². The molecule has 0 spiro atoms. The highest BCUT2D eigenvalue weighted by molar-refractivity contribution is 6.34. The van der Waals surface area contributed by atoms with Crippen molar-refractivity contribution in [3.8, 4) is 17.8 Å². The molecular formula is C12H10Cl3N3O2. The van der Waals surface area contributed by atoms with Crippen molar-refractivity contribution >= 4 is 34.8 Å². The predicted molar refractivity (Wildman–Crippen MR) is 77.2 cm³/mol. The van der Waals surface area contributed by atoms with Gasteiger partial charge in [-0.3, -0.25) is 0 Å². The Bertz CT molecular complexity index is 590. The van der Waals surface area contributed by atoms with E-state index in [2.05, 4.69) is 15.0 Å². The number of hydrogen-bond donors (Lipinski definition) is 0. The van der Waals surface area contributed by atoms with Crippen LogP contribution in [0.15, 0.2) is 18.2 Å². The number of hydrogen-bond acceptors (Lipinski definition) is 5. The maximum Gasteiger partial charge on any atom is 0.329 e. The second kappa shape index (κ2) is 6.92. The number of halogens is 3. The third-order valence-electron chi connectivity index (χ3n) is 2.05. The number of rotatable bonds is 5. The van der Waals surface area contributed by atoms with E-state index in [1.807, 2.05) is 6.92 Å². The van der Waals surface area contributed by atoms with E-state index in [0.29, 0.717) is 22.4 Å². The minimum absolute atomic E-state index is 0.00874. The second-order valence-electron chi connectivity index (χ2n) is 3.73. The highest BCUT2D eigenvalue weighted by Crippen LogP contribution is 2.27. The Kier molecular flexibility index (Phi) is 5.23. The van der Waals surface area contributed by atoms with Crippen molar-refractivity contribution in [3.63, 3.8) is 0 Å². The lowest BCUT2D eigenvalue weighted by Gasteiger charge is -2.07. The molecule has 20 heavy (non-hydrogen) atoms. The molecule has 8 heteroatoms.